The predicted molar refractivity (Wildman–Crippen MR) is 36.6 cm³/mol. The summed E-state index contributed by atoms with van der Waals surface area (Å²) in [5, 5.41) is 1.91. The Morgan fingerprint density at radius 3 is 3.40 bits per heavy atom. The van der Waals surface area contributed by atoms with Crippen molar-refractivity contribution in [1.82, 2.24) is 10.5 Å². The minimum Gasteiger partial charge on any atom is -0.388 e. The van der Waals surface area contributed by atoms with Crippen LogP contribution in [-0.2, 0) is 4.84 Å². The van der Waals surface area contributed by atoms with E-state index in [1.54, 1.807) is 18.7 Å². The molecule has 3 heteroatoms. The van der Waals surface area contributed by atoms with Crippen LogP contribution in [0.15, 0.2) is 18.3 Å². The molecule has 0 aromatic carbocycles. The molecule has 0 atom stereocenters. The van der Waals surface area contributed by atoms with E-state index >= 15 is 0 Å². The van der Waals surface area contributed by atoms with Gasteiger partial charge in [-0.2, -0.15) is 0 Å². The maximum absolute atomic E-state index is 4.80. The van der Waals surface area contributed by atoms with Crippen LogP contribution in [0.4, 0.5) is 0 Å². The lowest BCUT2D eigenvalue weighted by atomic mass is 10.4. The Morgan fingerprint density at radius 1 is 1.50 bits per heavy atom. The molecule has 1 aromatic heterocycles. The van der Waals surface area contributed by atoms with Gasteiger partial charge in [0.25, 0.3) is 0 Å². The molecule has 0 unspecified atom stereocenters. The highest BCUT2D eigenvalue weighted by atomic mass is 16.6. The molecule has 50 valence electrons. The number of fused-ring (bicyclic) bond motifs is 1. The van der Waals surface area contributed by atoms with Crippen molar-refractivity contribution in [3.63, 3.8) is 0 Å². The first-order valence-electron chi connectivity index (χ1n) is 2.99. The smallest absolute Gasteiger partial charge is 0.145 e. The summed E-state index contributed by atoms with van der Waals surface area (Å²) in [5.41, 5.74) is 2.62. The van der Waals surface area contributed by atoms with E-state index in [1.807, 2.05) is 12.1 Å². The van der Waals surface area contributed by atoms with Gasteiger partial charge in [-0.1, -0.05) is 0 Å². The maximum Gasteiger partial charge on any atom is 0.145 e. The van der Waals surface area contributed by atoms with Gasteiger partial charge < -0.3 is 4.84 Å². The van der Waals surface area contributed by atoms with Crippen molar-refractivity contribution in [3.8, 4) is 0 Å². The minimum atomic E-state index is 0.862. The van der Waals surface area contributed by atoms with Crippen LogP contribution in [0, 0.1) is 0 Å². The van der Waals surface area contributed by atoms with E-state index in [9.17, 15) is 0 Å². The summed E-state index contributed by atoms with van der Waals surface area (Å²) in [7, 11) is 0. The number of hydrogen-bond donors (Lipinski definition) is 1. The molecule has 0 saturated carbocycles. The van der Waals surface area contributed by atoms with Crippen molar-refractivity contribution in [2.75, 3.05) is 0 Å². The maximum atomic E-state index is 4.80. The topological polar surface area (TPSA) is 34.1 Å². The highest BCUT2D eigenvalue weighted by molar-refractivity contribution is 5.26. The molecule has 0 radical (unpaired) electrons. The molecule has 0 saturated heterocycles. The fraction of sp³-hybridized carbons (Fsp3) is 0. The van der Waals surface area contributed by atoms with Gasteiger partial charge in [0.2, 0.25) is 0 Å². The Labute approximate surface area is 57.6 Å². The summed E-state index contributed by atoms with van der Waals surface area (Å²) >= 11 is 0. The van der Waals surface area contributed by atoms with Crippen LogP contribution in [0.5, 0.6) is 0 Å². The van der Waals surface area contributed by atoms with Crippen LogP contribution in [0.1, 0.15) is 0 Å². The summed E-state index contributed by atoms with van der Waals surface area (Å²) < 4.78 is 0. The Hall–Kier alpha value is -1.51. The zero-order valence-electron chi connectivity index (χ0n) is 5.24. The average Bonchev–Trinajstić information content (AvgIpc) is 2.05. The van der Waals surface area contributed by atoms with Crippen LogP contribution >= 0.6 is 0 Å². The molecule has 1 aliphatic rings. The second-order valence-electron chi connectivity index (χ2n) is 1.98. The third-order valence-corrected chi connectivity index (χ3v) is 1.32. The molecule has 0 spiro atoms. The zero-order valence-corrected chi connectivity index (χ0v) is 5.24. The number of rotatable bonds is 0. The second-order valence-corrected chi connectivity index (χ2v) is 1.98. The molecule has 10 heavy (non-hydrogen) atoms. The molecular weight excluding hydrogens is 128 g/mol. The first kappa shape index (κ1) is 5.29. The number of aromatic nitrogens is 1. The highest BCUT2D eigenvalue weighted by Crippen LogP contribution is 1.73. The van der Waals surface area contributed by atoms with Crippen molar-refractivity contribution >= 4 is 12.5 Å². The molecule has 0 amide bonds. The normalized spacial score (nSPS) is 13.2. The van der Waals surface area contributed by atoms with Gasteiger partial charge in [-0.05, 0) is 12.1 Å². The largest absolute Gasteiger partial charge is 0.388 e. The Morgan fingerprint density at radius 2 is 2.50 bits per heavy atom. The number of nitrogens with zero attached hydrogens (tertiary/aromatic N) is 1. The monoisotopic (exact) mass is 134 g/mol. The van der Waals surface area contributed by atoms with Gasteiger partial charge in [0.1, 0.15) is 11.6 Å². The lowest BCUT2D eigenvalue weighted by Gasteiger charge is -2.01. The number of hydroxylamine groups is 1. The van der Waals surface area contributed by atoms with E-state index in [-0.39, 0.29) is 0 Å². The lowest BCUT2D eigenvalue weighted by molar-refractivity contribution is 0.228. The number of hydrogen-bond acceptors (Lipinski definition) is 3. The van der Waals surface area contributed by atoms with Crippen LogP contribution in [0.2, 0.25) is 0 Å². The summed E-state index contributed by atoms with van der Waals surface area (Å²) in [5.74, 6) is 0. The minimum absolute atomic E-state index is 0.862. The molecule has 3 nitrogen and oxygen atoms in total. The molecule has 2 heterocycles. The van der Waals surface area contributed by atoms with Crippen molar-refractivity contribution < 1.29 is 4.84 Å². The van der Waals surface area contributed by atoms with E-state index in [0.717, 1.165) is 10.6 Å². The van der Waals surface area contributed by atoms with Gasteiger partial charge in [0, 0.05) is 17.6 Å². The average molecular weight is 134 g/mol. The van der Waals surface area contributed by atoms with Gasteiger partial charge in [-0.3, -0.25) is 4.98 Å². The van der Waals surface area contributed by atoms with E-state index < -0.39 is 0 Å². The Bertz CT molecular complexity index is 310. The predicted octanol–water partition coefficient (Wildman–Crippen LogP) is -0.908. The number of pyridine rings is 1. The van der Waals surface area contributed by atoms with E-state index in [2.05, 4.69) is 10.5 Å². The third-order valence-electron chi connectivity index (χ3n) is 1.32. The quantitative estimate of drug-likeness (QED) is 0.499. The van der Waals surface area contributed by atoms with Crippen LogP contribution in [-0.4, -0.2) is 4.98 Å². The first-order valence-corrected chi connectivity index (χ1v) is 2.99. The van der Waals surface area contributed by atoms with Crippen molar-refractivity contribution in [3.05, 3.63) is 28.9 Å². The molecule has 1 aromatic rings. The van der Waals surface area contributed by atoms with Gasteiger partial charge >= 0.3 is 0 Å². The van der Waals surface area contributed by atoms with Gasteiger partial charge in [-0.15, -0.1) is 0 Å². The molecule has 0 fully saturated rings. The second kappa shape index (κ2) is 2.02. The van der Waals surface area contributed by atoms with Crippen LogP contribution < -0.4 is 16.0 Å². The number of nitrogens with one attached hydrogen (secondary N) is 1. The zero-order chi connectivity index (χ0) is 6.81. The summed E-state index contributed by atoms with van der Waals surface area (Å²) in [6.07, 6.45) is 5.08. The lowest BCUT2D eigenvalue weighted by Crippen LogP contribution is -2.33. The van der Waals surface area contributed by atoms with Gasteiger partial charge in [-0.25, -0.2) is 5.48 Å². The fourth-order valence-electron chi connectivity index (χ4n) is 0.838. The SMILES string of the molecule is C1=c2cccnc2=CON1. The Balaban J connectivity index is 2.84. The molecular formula is C7H6N2O. The molecule has 1 N–H and O–H groups in total. The van der Waals surface area contributed by atoms with E-state index in [1.165, 1.54) is 0 Å². The van der Waals surface area contributed by atoms with E-state index in [0.29, 0.717) is 0 Å². The van der Waals surface area contributed by atoms with Crippen molar-refractivity contribution in [2.45, 2.75) is 0 Å². The van der Waals surface area contributed by atoms with Crippen LogP contribution in [0.3, 0.4) is 0 Å². The van der Waals surface area contributed by atoms with Crippen LogP contribution in [0.25, 0.3) is 12.5 Å². The van der Waals surface area contributed by atoms with Gasteiger partial charge in [0.15, 0.2) is 0 Å². The van der Waals surface area contributed by atoms with Crippen molar-refractivity contribution in [2.24, 2.45) is 0 Å². The fourth-order valence-corrected chi connectivity index (χ4v) is 0.838. The summed E-state index contributed by atoms with van der Waals surface area (Å²) in [6, 6.07) is 3.85. The van der Waals surface area contributed by atoms with Gasteiger partial charge in [0.05, 0.1) is 0 Å². The third kappa shape index (κ3) is 0.719. The first-order chi connectivity index (χ1) is 4.97. The molecule has 1 aliphatic heterocycles. The summed E-state index contributed by atoms with van der Waals surface area (Å²) in [4.78, 5) is 8.87. The Kier molecular flexibility index (Phi) is 1.07. The highest BCUT2D eigenvalue weighted by Gasteiger charge is 1.89. The van der Waals surface area contributed by atoms with Crippen molar-refractivity contribution in [1.29, 1.82) is 0 Å². The molecule has 0 aliphatic carbocycles. The molecule has 2 rings (SSSR count). The molecule has 0 bridgehead atoms. The van der Waals surface area contributed by atoms with E-state index in [4.69, 9.17) is 4.84 Å². The summed E-state index contributed by atoms with van der Waals surface area (Å²) in [6.45, 7) is 0. The standard InChI is InChI=1S/C7H6N2O/c1-2-6-4-9-10-5-7(6)8-3-1/h1-5,9H.